The fourth-order valence-corrected chi connectivity index (χ4v) is 2.37. The van der Waals surface area contributed by atoms with Crippen molar-refractivity contribution >= 4 is 23.2 Å². The molecule has 0 aliphatic carbocycles. The number of methoxy groups -OCH3 is 1. The summed E-state index contributed by atoms with van der Waals surface area (Å²) < 4.78 is 49.6. The Morgan fingerprint density at radius 3 is 2.48 bits per heavy atom. The Morgan fingerprint density at radius 1 is 1.15 bits per heavy atom. The first kappa shape index (κ1) is 18.7. The topological polar surface area (TPSA) is 77.2 Å². The lowest BCUT2D eigenvalue weighted by molar-refractivity contribution is -0.136. The molecule has 0 atom stereocenters. The van der Waals surface area contributed by atoms with Crippen LogP contribution >= 0.6 is 11.6 Å². The minimum Gasteiger partial charge on any atom is -0.497 e. The Bertz CT molecular complexity index is 972. The molecule has 140 valence electrons. The molecule has 3 aromatic rings. The van der Waals surface area contributed by atoms with E-state index in [9.17, 15) is 18.0 Å². The van der Waals surface area contributed by atoms with Crippen LogP contribution in [0, 0.1) is 0 Å². The zero-order valence-electron chi connectivity index (χ0n) is 13.7. The van der Waals surface area contributed by atoms with E-state index in [1.807, 2.05) is 0 Å². The van der Waals surface area contributed by atoms with Crippen LogP contribution in [-0.4, -0.2) is 23.2 Å². The van der Waals surface area contributed by atoms with Gasteiger partial charge in [0.1, 0.15) is 5.75 Å². The van der Waals surface area contributed by atoms with Crippen molar-refractivity contribution in [2.24, 2.45) is 0 Å². The van der Waals surface area contributed by atoms with Gasteiger partial charge in [0.05, 0.1) is 18.4 Å². The van der Waals surface area contributed by atoms with E-state index in [2.05, 4.69) is 15.5 Å². The summed E-state index contributed by atoms with van der Waals surface area (Å²) in [6.07, 6.45) is -4.70. The van der Waals surface area contributed by atoms with Gasteiger partial charge in [-0.3, -0.25) is 4.79 Å². The summed E-state index contributed by atoms with van der Waals surface area (Å²) >= 11 is 5.61. The second-order valence-electron chi connectivity index (χ2n) is 5.28. The minimum atomic E-state index is -4.70. The molecule has 0 spiro atoms. The number of rotatable bonds is 4. The normalized spacial score (nSPS) is 11.3. The predicted octanol–water partition coefficient (Wildman–Crippen LogP) is 4.67. The molecule has 27 heavy (non-hydrogen) atoms. The highest BCUT2D eigenvalue weighted by Gasteiger charge is 2.34. The lowest BCUT2D eigenvalue weighted by Gasteiger charge is -2.13. The summed E-state index contributed by atoms with van der Waals surface area (Å²) in [6, 6.07) is 9.57. The average molecular weight is 398 g/mol. The van der Waals surface area contributed by atoms with E-state index in [1.54, 1.807) is 24.3 Å². The second kappa shape index (κ2) is 7.28. The van der Waals surface area contributed by atoms with Crippen LogP contribution in [0.4, 0.5) is 18.9 Å². The molecule has 10 heteroatoms. The van der Waals surface area contributed by atoms with Gasteiger partial charge in [-0.25, -0.2) is 0 Å². The number of nitrogens with zero attached hydrogens (tertiary/aromatic N) is 2. The molecule has 0 unspecified atom stereocenters. The van der Waals surface area contributed by atoms with Crippen molar-refractivity contribution in [2.45, 2.75) is 6.18 Å². The fourth-order valence-electron chi connectivity index (χ4n) is 2.20. The Labute approximate surface area is 155 Å². The molecule has 0 radical (unpaired) electrons. The van der Waals surface area contributed by atoms with Gasteiger partial charge in [0.2, 0.25) is 5.89 Å². The van der Waals surface area contributed by atoms with Crippen molar-refractivity contribution in [3.8, 4) is 17.2 Å². The highest BCUT2D eigenvalue weighted by Crippen LogP contribution is 2.36. The molecule has 0 bridgehead atoms. The molecule has 2 aromatic carbocycles. The van der Waals surface area contributed by atoms with E-state index in [-0.39, 0.29) is 10.9 Å². The van der Waals surface area contributed by atoms with Gasteiger partial charge in [0.15, 0.2) is 0 Å². The van der Waals surface area contributed by atoms with Crippen molar-refractivity contribution < 1.29 is 27.1 Å². The van der Waals surface area contributed by atoms with E-state index >= 15 is 0 Å². The maximum absolute atomic E-state index is 13.1. The van der Waals surface area contributed by atoms with Crippen molar-refractivity contribution in [1.82, 2.24) is 10.2 Å². The molecule has 3 rings (SSSR count). The van der Waals surface area contributed by atoms with Crippen LogP contribution in [0.25, 0.3) is 11.5 Å². The van der Waals surface area contributed by atoms with Gasteiger partial charge in [-0.1, -0.05) is 11.6 Å². The van der Waals surface area contributed by atoms with E-state index in [0.717, 1.165) is 6.07 Å². The maximum atomic E-state index is 13.1. The van der Waals surface area contributed by atoms with Gasteiger partial charge < -0.3 is 14.5 Å². The number of carbonyl (C=O) groups is 1. The summed E-state index contributed by atoms with van der Waals surface area (Å²) in [5.74, 6) is -0.812. The first-order valence-corrected chi connectivity index (χ1v) is 7.82. The molecule has 0 aliphatic rings. The largest absolute Gasteiger partial charge is 0.497 e. The van der Waals surface area contributed by atoms with Crippen LogP contribution in [0.2, 0.25) is 5.02 Å². The molecule has 1 heterocycles. The van der Waals surface area contributed by atoms with E-state index in [1.165, 1.54) is 13.2 Å². The zero-order valence-corrected chi connectivity index (χ0v) is 14.4. The van der Waals surface area contributed by atoms with Gasteiger partial charge in [0.25, 0.3) is 0 Å². The fraction of sp³-hybridized carbons (Fsp3) is 0.118. The molecule has 0 saturated heterocycles. The summed E-state index contributed by atoms with van der Waals surface area (Å²) in [6.45, 7) is 0. The van der Waals surface area contributed by atoms with E-state index in [0.29, 0.717) is 17.4 Å². The van der Waals surface area contributed by atoms with Gasteiger partial charge in [-0.2, -0.15) is 13.2 Å². The molecule has 1 N–H and O–H groups in total. The Morgan fingerprint density at radius 2 is 1.85 bits per heavy atom. The quantitative estimate of drug-likeness (QED) is 0.692. The molecular weight excluding hydrogens is 387 g/mol. The van der Waals surface area contributed by atoms with Gasteiger partial charge in [-0.05, 0) is 42.5 Å². The standard InChI is InChI=1S/C17H11ClF3N3O3/c1-26-11-5-2-9(3-6-11)15-23-24-16(27-15)14(25)22-13-7-4-10(18)8-12(13)17(19,20)21/h2-8H,1H3,(H,22,25). The van der Waals surface area contributed by atoms with Crippen molar-refractivity contribution in [3.63, 3.8) is 0 Å². The Kier molecular flexibility index (Phi) is 5.04. The molecule has 0 saturated carbocycles. The monoisotopic (exact) mass is 397 g/mol. The van der Waals surface area contributed by atoms with E-state index < -0.39 is 29.2 Å². The number of ether oxygens (including phenoxy) is 1. The number of aromatic nitrogens is 2. The predicted molar refractivity (Wildman–Crippen MR) is 90.7 cm³/mol. The lowest BCUT2D eigenvalue weighted by atomic mass is 10.1. The molecule has 6 nitrogen and oxygen atoms in total. The molecule has 0 fully saturated rings. The number of alkyl halides is 3. The number of halogens is 4. The van der Waals surface area contributed by atoms with Crippen LogP contribution in [-0.2, 0) is 6.18 Å². The molecular formula is C17H11ClF3N3O3. The van der Waals surface area contributed by atoms with Crippen molar-refractivity contribution in [3.05, 3.63) is 58.9 Å². The number of hydrogen-bond donors (Lipinski definition) is 1. The third-order valence-electron chi connectivity index (χ3n) is 3.49. The summed E-state index contributed by atoms with van der Waals surface area (Å²) in [7, 11) is 1.51. The van der Waals surface area contributed by atoms with Crippen LogP contribution < -0.4 is 10.1 Å². The number of carbonyl (C=O) groups excluding carboxylic acids is 1. The average Bonchev–Trinajstić information content (AvgIpc) is 3.12. The zero-order chi connectivity index (χ0) is 19.6. The number of amides is 1. The van der Waals surface area contributed by atoms with Crippen LogP contribution in [0.3, 0.4) is 0 Å². The maximum Gasteiger partial charge on any atom is 0.418 e. The van der Waals surface area contributed by atoms with Crippen molar-refractivity contribution in [1.29, 1.82) is 0 Å². The second-order valence-corrected chi connectivity index (χ2v) is 5.72. The van der Waals surface area contributed by atoms with Gasteiger partial charge in [-0.15, -0.1) is 10.2 Å². The van der Waals surface area contributed by atoms with Crippen LogP contribution in [0.5, 0.6) is 5.75 Å². The van der Waals surface area contributed by atoms with Gasteiger partial charge >= 0.3 is 18.0 Å². The van der Waals surface area contributed by atoms with Crippen molar-refractivity contribution in [2.75, 3.05) is 12.4 Å². The molecule has 0 aliphatic heterocycles. The third-order valence-corrected chi connectivity index (χ3v) is 3.73. The highest BCUT2D eigenvalue weighted by molar-refractivity contribution is 6.30. The number of benzene rings is 2. The number of hydrogen-bond acceptors (Lipinski definition) is 5. The number of nitrogens with one attached hydrogen (secondary N) is 1. The first-order valence-electron chi connectivity index (χ1n) is 7.44. The van der Waals surface area contributed by atoms with Crippen LogP contribution in [0.1, 0.15) is 16.2 Å². The first-order chi connectivity index (χ1) is 12.8. The summed E-state index contributed by atoms with van der Waals surface area (Å²) in [5.41, 5.74) is -1.04. The highest BCUT2D eigenvalue weighted by atomic mass is 35.5. The Balaban J connectivity index is 1.83. The smallest absolute Gasteiger partial charge is 0.418 e. The Hall–Kier alpha value is -3.07. The van der Waals surface area contributed by atoms with E-state index in [4.69, 9.17) is 20.8 Å². The lowest BCUT2D eigenvalue weighted by Crippen LogP contribution is -2.17. The third kappa shape index (κ3) is 4.20. The molecule has 1 amide bonds. The summed E-state index contributed by atoms with van der Waals surface area (Å²) in [4.78, 5) is 12.2. The number of anilines is 1. The van der Waals surface area contributed by atoms with Gasteiger partial charge in [0, 0.05) is 10.6 Å². The minimum absolute atomic E-state index is 0.0370. The SMILES string of the molecule is COc1ccc(-c2nnc(C(=O)Nc3ccc(Cl)cc3C(F)(F)F)o2)cc1. The molecule has 1 aromatic heterocycles. The summed E-state index contributed by atoms with van der Waals surface area (Å²) in [5, 5.41) is 9.30. The van der Waals surface area contributed by atoms with Crippen LogP contribution in [0.15, 0.2) is 46.9 Å².